The van der Waals surface area contributed by atoms with Gasteiger partial charge < -0.3 is 4.74 Å². The topological polar surface area (TPSA) is 104 Å². The number of ether oxygens (including phenoxy) is 1. The number of carbonyl (C=O) groups is 1. The Balaban J connectivity index is 2.37. The molecular weight excluding hydrogens is 274 g/mol. The number of sulfone groups is 1. The van der Waals surface area contributed by atoms with E-state index in [1.165, 1.54) is 6.07 Å². The normalized spacial score (nSPS) is 15.0. The summed E-state index contributed by atoms with van der Waals surface area (Å²) in [7, 11) is -3.55. The van der Waals surface area contributed by atoms with Crippen molar-refractivity contribution in [2.24, 2.45) is 5.92 Å². The van der Waals surface area contributed by atoms with Gasteiger partial charge in [-0.25, -0.2) is 8.42 Å². The van der Waals surface area contributed by atoms with Crippen molar-refractivity contribution in [2.45, 2.75) is 17.7 Å². The molecule has 1 aromatic rings. The summed E-state index contributed by atoms with van der Waals surface area (Å²) in [6, 6.07) is 3.21. The fourth-order valence-corrected chi connectivity index (χ4v) is 2.11. The van der Waals surface area contributed by atoms with E-state index in [2.05, 4.69) is 0 Å². The minimum Gasteiger partial charge on any atom is -0.419 e. The zero-order valence-electron chi connectivity index (χ0n) is 10.0. The number of benzene rings is 1. The van der Waals surface area contributed by atoms with Crippen LogP contribution in [0.3, 0.4) is 0 Å². The second kappa shape index (κ2) is 4.61. The highest BCUT2D eigenvalue weighted by atomic mass is 32.2. The second-order valence-electron chi connectivity index (χ2n) is 4.35. The fraction of sp³-hybridized carbons (Fsp3) is 0.364. The summed E-state index contributed by atoms with van der Waals surface area (Å²) >= 11 is 0. The molecule has 2 rings (SSSR count). The van der Waals surface area contributed by atoms with E-state index >= 15 is 0 Å². The van der Waals surface area contributed by atoms with Gasteiger partial charge in [0.05, 0.1) is 15.7 Å². The molecule has 0 amide bonds. The first-order valence-electron chi connectivity index (χ1n) is 5.49. The van der Waals surface area contributed by atoms with Crippen molar-refractivity contribution in [1.82, 2.24) is 0 Å². The molecule has 0 spiro atoms. The molecule has 8 heteroatoms. The van der Waals surface area contributed by atoms with E-state index in [4.69, 9.17) is 4.74 Å². The summed E-state index contributed by atoms with van der Waals surface area (Å²) < 4.78 is 27.6. The monoisotopic (exact) mass is 285 g/mol. The molecule has 0 radical (unpaired) electrons. The van der Waals surface area contributed by atoms with Crippen molar-refractivity contribution in [3.05, 3.63) is 28.3 Å². The molecule has 0 N–H and O–H groups in total. The Labute approximate surface area is 109 Å². The van der Waals surface area contributed by atoms with Gasteiger partial charge in [-0.05, 0) is 25.0 Å². The Morgan fingerprint density at radius 2 is 2.05 bits per heavy atom. The van der Waals surface area contributed by atoms with Crippen LogP contribution in [0.4, 0.5) is 5.69 Å². The molecule has 0 aliphatic heterocycles. The summed E-state index contributed by atoms with van der Waals surface area (Å²) in [5.74, 6) is -0.946. The first-order chi connectivity index (χ1) is 8.79. The zero-order chi connectivity index (χ0) is 14.2. The lowest BCUT2D eigenvalue weighted by Crippen LogP contribution is -2.11. The third-order valence-corrected chi connectivity index (χ3v) is 3.79. The minimum absolute atomic E-state index is 0.189. The van der Waals surface area contributed by atoms with E-state index in [0.29, 0.717) is 12.8 Å². The van der Waals surface area contributed by atoms with Crippen LogP contribution in [0.25, 0.3) is 0 Å². The van der Waals surface area contributed by atoms with Crippen molar-refractivity contribution in [3.8, 4) is 5.75 Å². The molecule has 7 nitrogen and oxygen atoms in total. The largest absolute Gasteiger partial charge is 0.419 e. The Morgan fingerprint density at radius 3 is 2.53 bits per heavy atom. The summed E-state index contributed by atoms with van der Waals surface area (Å²) in [6.45, 7) is 0. The maximum absolute atomic E-state index is 11.5. The van der Waals surface area contributed by atoms with E-state index < -0.39 is 26.4 Å². The van der Waals surface area contributed by atoms with Crippen molar-refractivity contribution in [3.63, 3.8) is 0 Å². The molecule has 0 atom stereocenters. The molecule has 0 bridgehead atoms. The highest BCUT2D eigenvalue weighted by Crippen LogP contribution is 2.34. The Kier molecular flexibility index (Phi) is 3.27. The van der Waals surface area contributed by atoms with Crippen LogP contribution < -0.4 is 4.74 Å². The molecule has 0 heterocycles. The molecule has 0 saturated heterocycles. The van der Waals surface area contributed by atoms with Gasteiger partial charge in [-0.15, -0.1) is 0 Å². The average molecular weight is 285 g/mol. The second-order valence-corrected chi connectivity index (χ2v) is 6.37. The summed E-state index contributed by atoms with van der Waals surface area (Å²) in [4.78, 5) is 21.4. The van der Waals surface area contributed by atoms with Crippen LogP contribution in [-0.2, 0) is 14.6 Å². The third kappa shape index (κ3) is 3.08. The maximum Gasteiger partial charge on any atom is 0.314 e. The van der Waals surface area contributed by atoms with E-state index in [9.17, 15) is 23.3 Å². The molecular formula is C11H11NO6S. The summed E-state index contributed by atoms with van der Waals surface area (Å²) in [6.07, 6.45) is 2.38. The molecule has 1 aliphatic rings. The van der Waals surface area contributed by atoms with Gasteiger partial charge in [0.1, 0.15) is 0 Å². The predicted molar refractivity (Wildman–Crippen MR) is 64.6 cm³/mol. The highest BCUT2D eigenvalue weighted by molar-refractivity contribution is 7.90. The number of nitrogens with zero attached hydrogens (tertiary/aromatic N) is 1. The third-order valence-electron chi connectivity index (χ3n) is 2.68. The van der Waals surface area contributed by atoms with Gasteiger partial charge in [0, 0.05) is 12.3 Å². The Morgan fingerprint density at radius 1 is 1.42 bits per heavy atom. The van der Waals surface area contributed by atoms with Crippen LogP contribution in [0, 0.1) is 16.0 Å². The van der Waals surface area contributed by atoms with Gasteiger partial charge in [-0.1, -0.05) is 0 Å². The molecule has 19 heavy (non-hydrogen) atoms. The van der Waals surface area contributed by atoms with Crippen LogP contribution in [0.15, 0.2) is 23.1 Å². The Hall–Kier alpha value is -1.96. The lowest BCUT2D eigenvalue weighted by Gasteiger charge is -2.05. The predicted octanol–water partition coefficient (Wildman–Crippen LogP) is 1.31. The maximum atomic E-state index is 11.5. The van der Waals surface area contributed by atoms with Crippen molar-refractivity contribution in [1.29, 1.82) is 0 Å². The number of nitro groups is 1. The van der Waals surface area contributed by atoms with Gasteiger partial charge in [0.25, 0.3) is 0 Å². The van der Waals surface area contributed by atoms with Crippen molar-refractivity contribution < 1.29 is 22.9 Å². The molecule has 1 aliphatic carbocycles. The Bertz CT molecular complexity index is 647. The van der Waals surface area contributed by atoms with Crippen LogP contribution in [0.2, 0.25) is 0 Å². The SMILES string of the molecule is CS(=O)(=O)c1ccc(OC(=O)C2CC2)c([N+](=O)[O-])c1. The van der Waals surface area contributed by atoms with E-state index in [1.807, 2.05) is 0 Å². The van der Waals surface area contributed by atoms with Crippen molar-refractivity contribution in [2.75, 3.05) is 6.26 Å². The smallest absolute Gasteiger partial charge is 0.314 e. The van der Waals surface area contributed by atoms with Crippen LogP contribution in [0.5, 0.6) is 5.75 Å². The van der Waals surface area contributed by atoms with E-state index in [1.54, 1.807) is 0 Å². The summed E-state index contributed by atoms with van der Waals surface area (Å²) in [5, 5.41) is 10.9. The van der Waals surface area contributed by atoms with Crippen LogP contribution >= 0.6 is 0 Å². The van der Waals surface area contributed by atoms with Crippen molar-refractivity contribution >= 4 is 21.5 Å². The highest BCUT2D eigenvalue weighted by Gasteiger charge is 2.33. The van der Waals surface area contributed by atoms with E-state index in [-0.39, 0.29) is 16.6 Å². The minimum atomic E-state index is -3.55. The van der Waals surface area contributed by atoms with Crippen LogP contribution in [-0.4, -0.2) is 25.6 Å². The van der Waals surface area contributed by atoms with Crippen LogP contribution in [0.1, 0.15) is 12.8 Å². The molecule has 1 saturated carbocycles. The van der Waals surface area contributed by atoms with Gasteiger partial charge in [-0.3, -0.25) is 14.9 Å². The quantitative estimate of drug-likeness (QED) is 0.357. The van der Waals surface area contributed by atoms with Gasteiger partial charge in [0.2, 0.25) is 5.75 Å². The number of esters is 1. The first-order valence-corrected chi connectivity index (χ1v) is 7.38. The van der Waals surface area contributed by atoms with Gasteiger partial charge >= 0.3 is 11.7 Å². The van der Waals surface area contributed by atoms with E-state index in [0.717, 1.165) is 18.4 Å². The number of hydrogen-bond donors (Lipinski definition) is 0. The first kappa shape index (κ1) is 13.5. The molecule has 1 aromatic carbocycles. The standard InChI is InChI=1S/C11H11NO6S/c1-19(16,17)8-4-5-10(9(6-8)12(14)15)18-11(13)7-2-3-7/h4-7H,2-3H2,1H3. The number of rotatable bonds is 4. The molecule has 0 unspecified atom stereocenters. The molecule has 0 aromatic heterocycles. The summed E-state index contributed by atoms with van der Waals surface area (Å²) in [5.41, 5.74) is -0.531. The molecule has 1 fully saturated rings. The lowest BCUT2D eigenvalue weighted by molar-refractivity contribution is -0.385. The molecule has 102 valence electrons. The number of nitro benzene ring substituents is 1. The fourth-order valence-electron chi connectivity index (χ4n) is 1.47. The number of carbonyl (C=O) groups excluding carboxylic acids is 1. The van der Waals surface area contributed by atoms with Gasteiger partial charge in [-0.2, -0.15) is 0 Å². The average Bonchev–Trinajstić information content (AvgIpc) is 3.11. The number of hydrogen-bond acceptors (Lipinski definition) is 6. The van der Waals surface area contributed by atoms with Gasteiger partial charge in [0.15, 0.2) is 9.84 Å². The zero-order valence-corrected chi connectivity index (χ0v) is 10.8. The lowest BCUT2D eigenvalue weighted by atomic mass is 10.3.